The van der Waals surface area contributed by atoms with Gasteiger partial charge >= 0.3 is 0 Å². The highest BCUT2D eigenvalue weighted by Crippen LogP contribution is 2.33. The molecule has 194 valence electrons. The zero-order valence-corrected chi connectivity index (χ0v) is 20.9. The first kappa shape index (κ1) is 24.7. The van der Waals surface area contributed by atoms with Crippen molar-refractivity contribution in [2.24, 2.45) is 0 Å². The van der Waals surface area contributed by atoms with Crippen LogP contribution < -0.4 is 19.5 Å². The molecule has 1 saturated carbocycles. The number of carbonyl (C=O) groups is 2. The Hall–Kier alpha value is -3.94. The molecule has 2 heterocycles. The van der Waals surface area contributed by atoms with Gasteiger partial charge in [0.15, 0.2) is 11.5 Å². The van der Waals surface area contributed by atoms with Gasteiger partial charge in [0, 0.05) is 6.04 Å². The molecule has 1 N–H and O–H groups in total. The monoisotopic (exact) mass is 504 g/mol. The molecule has 0 saturated heterocycles. The van der Waals surface area contributed by atoms with E-state index in [9.17, 15) is 9.59 Å². The SMILES string of the molecule is COc1ccc([C@H](C(=O)NC2CCCCC2)N(Cc2ccco2)C(=O)[C@@H]2COc3ccccc3O2)cc1. The zero-order chi connectivity index (χ0) is 25.6. The highest BCUT2D eigenvalue weighted by Gasteiger charge is 2.39. The first-order chi connectivity index (χ1) is 18.1. The third-order valence-corrected chi connectivity index (χ3v) is 6.92. The molecule has 8 heteroatoms. The van der Waals surface area contributed by atoms with Crippen LogP contribution in [-0.4, -0.2) is 42.6 Å². The molecule has 1 aromatic heterocycles. The Morgan fingerprint density at radius 2 is 1.76 bits per heavy atom. The summed E-state index contributed by atoms with van der Waals surface area (Å²) in [4.78, 5) is 29.5. The second-order valence-corrected chi connectivity index (χ2v) is 9.43. The minimum atomic E-state index is -0.909. The Labute approximate surface area is 216 Å². The van der Waals surface area contributed by atoms with E-state index in [1.165, 1.54) is 11.3 Å². The van der Waals surface area contributed by atoms with Gasteiger partial charge in [0.1, 0.15) is 24.2 Å². The molecule has 1 fully saturated rings. The van der Waals surface area contributed by atoms with Gasteiger partial charge in [-0.25, -0.2) is 0 Å². The molecule has 5 rings (SSSR count). The fourth-order valence-corrected chi connectivity index (χ4v) is 4.98. The number of methoxy groups -OCH3 is 1. The van der Waals surface area contributed by atoms with Crippen LogP contribution in [0.4, 0.5) is 0 Å². The molecule has 1 aliphatic heterocycles. The summed E-state index contributed by atoms with van der Waals surface area (Å²) in [5, 5.41) is 3.21. The molecule has 0 radical (unpaired) electrons. The van der Waals surface area contributed by atoms with Gasteiger partial charge in [-0.3, -0.25) is 9.59 Å². The molecule has 1 aliphatic carbocycles. The summed E-state index contributed by atoms with van der Waals surface area (Å²) in [5.41, 5.74) is 0.672. The summed E-state index contributed by atoms with van der Waals surface area (Å²) in [6, 6.07) is 17.2. The van der Waals surface area contributed by atoms with Gasteiger partial charge in [-0.2, -0.15) is 0 Å². The number of ether oxygens (including phenoxy) is 3. The van der Waals surface area contributed by atoms with E-state index < -0.39 is 12.1 Å². The number of hydrogen-bond donors (Lipinski definition) is 1. The molecule has 0 unspecified atom stereocenters. The Morgan fingerprint density at radius 1 is 1.00 bits per heavy atom. The van der Waals surface area contributed by atoms with E-state index in [4.69, 9.17) is 18.6 Å². The van der Waals surface area contributed by atoms with E-state index in [-0.39, 0.29) is 31.0 Å². The topological polar surface area (TPSA) is 90.2 Å². The normalized spacial score (nSPS) is 18.0. The third kappa shape index (κ3) is 5.74. The third-order valence-electron chi connectivity index (χ3n) is 6.92. The van der Waals surface area contributed by atoms with Crippen molar-refractivity contribution in [1.82, 2.24) is 10.2 Å². The summed E-state index contributed by atoms with van der Waals surface area (Å²) in [6.07, 6.45) is 5.86. The van der Waals surface area contributed by atoms with Gasteiger partial charge in [0.2, 0.25) is 12.0 Å². The maximum absolute atomic E-state index is 14.0. The molecular formula is C29H32N2O6. The molecule has 0 spiro atoms. The van der Waals surface area contributed by atoms with E-state index in [2.05, 4.69) is 5.32 Å². The van der Waals surface area contributed by atoms with E-state index in [1.807, 2.05) is 24.3 Å². The maximum Gasteiger partial charge on any atom is 0.268 e. The molecule has 2 amide bonds. The van der Waals surface area contributed by atoms with Crippen LogP contribution in [0.15, 0.2) is 71.3 Å². The number of hydrogen-bond acceptors (Lipinski definition) is 6. The van der Waals surface area contributed by atoms with Gasteiger partial charge in [-0.15, -0.1) is 0 Å². The standard InChI is InChI=1S/C29H32N2O6/c1-34-22-15-13-20(14-16-22)27(28(32)30-21-8-3-2-4-9-21)31(18-23-10-7-17-35-23)29(33)26-19-36-24-11-5-6-12-25(24)37-26/h5-7,10-17,21,26-27H,2-4,8-9,18-19H2,1H3,(H,30,32)/t26-,27+/m0/s1. The van der Waals surface area contributed by atoms with Crippen LogP contribution in [0.3, 0.4) is 0 Å². The lowest BCUT2D eigenvalue weighted by Crippen LogP contribution is -2.52. The Kier molecular flexibility index (Phi) is 7.63. The van der Waals surface area contributed by atoms with Crippen molar-refractivity contribution in [3.63, 3.8) is 0 Å². The average molecular weight is 505 g/mol. The minimum Gasteiger partial charge on any atom is -0.497 e. The molecule has 2 aliphatic rings. The van der Waals surface area contributed by atoms with Crippen molar-refractivity contribution in [1.29, 1.82) is 0 Å². The number of amides is 2. The lowest BCUT2D eigenvalue weighted by Gasteiger charge is -2.36. The van der Waals surface area contributed by atoms with Crippen LogP contribution in [0, 0.1) is 0 Å². The molecule has 2 atom stereocenters. The number of fused-ring (bicyclic) bond motifs is 1. The van der Waals surface area contributed by atoms with Crippen molar-refractivity contribution < 1.29 is 28.2 Å². The van der Waals surface area contributed by atoms with Gasteiger partial charge in [0.25, 0.3) is 5.91 Å². The summed E-state index contributed by atoms with van der Waals surface area (Å²) < 4.78 is 22.8. The van der Waals surface area contributed by atoms with Gasteiger partial charge in [0.05, 0.1) is 19.9 Å². The smallest absolute Gasteiger partial charge is 0.268 e. The van der Waals surface area contributed by atoms with Gasteiger partial charge < -0.3 is 28.8 Å². The summed E-state index contributed by atoms with van der Waals surface area (Å²) in [5.74, 6) is 1.73. The van der Waals surface area contributed by atoms with Crippen LogP contribution >= 0.6 is 0 Å². The highest BCUT2D eigenvalue weighted by atomic mass is 16.6. The van der Waals surface area contributed by atoms with Gasteiger partial charge in [-0.1, -0.05) is 43.5 Å². The summed E-state index contributed by atoms with van der Waals surface area (Å²) >= 11 is 0. The number of benzene rings is 2. The minimum absolute atomic E-state index is 0.0457. The Balaban J connectivity index is 1.48. The first-order valence-electron chi connectivity index (χ1n) is 12.8. The van der Waals surface area contributed by atoms with Crippen molar-refractivity contribution >= 4 is 11.8 Å². The predicted molar refractivity (Wildman–Crippen MR) is 136 cm³/mol. The zero-order valence-electron chi connectivity index (χ0n) is 20.9. The lowest BCUT2D eigenvalue weighted by atomic mass is 9.94. The highest BCUT2D eigenvalue weighted by molar-refractivity contribution is 5.91. The fraction of sp³-hybridized carbons (Fsp3) is 0.379. The van der Waals surface area contributed by atoms with E-state index in [0.29, 0.717) is 28.6 Å². The predicted octanol–water partition coefficient (Wildman–Crippen LogP) is 4.65. The number of furan rings is 1. The van der Waals surface area contributed by atoms with E-state index >= 15 is 0 Å². The van der Waals surface area contributed by atoms with Crippen LogP contribution in [0.5, 0.6) is 17.2 Å². The second kappa shape index (κ2) is 11.4. The number of nitrogens with one attached hydrogen (secondary N) is 1. The van der Waals surface area contributed by atoms with E-state index in [0.717, 1.165) is 25.7 Å². The van der Waals surface area contributed by atoms with Crippen LogP contribution in [0.1, 0.15) is 49.5 Å². The van der Waals surface area contributed by atoms with E-state index in [1.54, 1.807) is 49.8 Å². The summed E-state index contributed by atoms with van der Waals surface area (Å²) in [6.45, 7) is 0.145. The number of para-hydroxylation sites is 2. The molecular weight excluding hydrogens is 472 g/mol. The number of carbonyl (C=O) groups excluding carboxylic acids is 2. The number of nitrogens with zero attached hydrogens (tertiary/aromatic N) is 1. The Morgan fingerprint density at radius 3 is 2.46 bits per heavy atom. The second-order valence-electron chi connectivity index (χ2n) is 9.43. The van der Waals surface area contributed by atoms with Crippen molar-refractivity contribution in [3.05, 3.63) is 78.3 Å². The van der Waals surface area contributed by atoms with Crippen molar-refractivity contribution in [3.8, 4) is 17.2 Å². The van der Waals surface area contributed by atoms with Crippen molar-refractivity contribution in [2.45, 2.75) is 56.8 Å². The maximum atomic E-state index is 14.0. The molecule has 2 aromatic carbocycles. The lowest BCUT2D eigenvalue weighted by molar-refractivity contribution is -0.149. The molecule has 3 aromatic rings. The average Bonchev–Trinajstić information content (AvgIpc) is 3.46. The molecule has 37 heavy (non-hydrogen) atoms. The van der Waals surface area contributed by atoms with Crippen molar-refractivity contribution in [2.75, 3.05) is 13.7 Å². The molecule has 8 nitrogen and oxygen atoms in total. The molecule has 0 bridgehead atoms. The Bertz CT molecular complexity index is 1190. The fourth-order valence-electron chi connectivity index (χ4n) is 4.98. The largest absolute Gasteiger partial charge is 0.497 e. The quantitative estimate of drug-likeness (QED) is 0.480. The first-order valence-corrected chi connectivity index (χ1v) is 12.8. The number of rotatable bonds is 8. The van der Waals surface area contributed by atoms with Gasteiger partial charge in [-0.05, 0) is 54.8 Å². The van der Waals surface area contributed by atoms with Crippen LogP contribution in [-0.2, 0) is 16.1 Å². The van der Waals surface area contributed by atoms with Crippen LogP contribution in [0.25, 0.3) is 0 Å². The summed E-state index contributed by atoms with van der Waals surface area (Å²) in [7, 11) is 1.59. The van der Waals surface area contributed by atoms with Crippen LogP contribution in [0.2, 0.25) is 0 Å².